The Morgan fingerprint density at radius 2 is 0.774 bits per heavy atom. The maximum Gasteiger partial charge on any atom is 0.221 e. The lowest BCUT2D eigenvalue weighted by molar-refractivity contribution is -0.129. The van der Waals surface area contributed by atoms with Gasteiger partial charge in [-0.2, -0.15) is 0 Å². The van der Waals surface area contributed by atoms with Crippen LogP contribution in [-0.4, -0.2) is 95.6 Å². The first-order valence-electron chi connectivity index (χ1n) is 26.3. The highest BCUT2D eigenvalue weighted by atomic mass is 16.3. The van der Waals surface area contributed by atoms with Crippen LogP contribution in [-0.2, 0) is 9.59 Å². The summed E-state index contributed by atoms with van der Waals surface area (Å²) in [5.41, 5.74) is 11.7. The molecule has 0 aromatic rings. The molecule has 8 N–H and O–H groups in total. The lowest BCUT2D eigenvalue weighted by Crippen LogP contribution is -2.64. The molecule has 1 rings (SSSR count). The molecule has 6 unspecified atom stereocenters. The van der Waals surface area contributed by atoms with E-state index in [9.17, 15) is 19.8 Å². The van der Waals surface area contributed by atoms with Crippen molar-refractivity contribution in [1.29, 1.82) is 0 Å². The second-order valence-corrected chi connectivity index (χ2v) is 18.9. The Balaban J connectivity index is 2.53. The van der Waals surface area contributed by atoms with Gasteiger partial charge in [0.1, 0.15) is 12.3 Å². The molecule has 1 saturated heterocycles. The largest absolute Gasteiger partial charge is 0.390 e. The Morgan fingerprint density at radius 1 is 0.484 bits per heavy atom. The highest BCUT2D eigenvalue weighted by molar-refractivity contribution is 5.77. The zero-order chi connectivity index (χ0) is 45.5. The number of aliphatic hydroxyl groups is 2. The van der Waals surface area contributed by atoms with Crippen LogP contribution >= 0.6 is 0 Å². The Hall–Kier alpha value is -1.82. The zero-order valence-corrected chi connectivity index (χ0v) is 41.0. The van der Waals surface area contributed by atoms with Crippen LogP contribution in [0.15, 0.2) is 24.3 Å². The van der Waals surface area contributed by atoms with Crippen molar-refractivity contribution in [2.75, 3.05) is 39.3 Å². The topological polar surface area (TPSA) is 157 Å². The third-order valence-corrected chi connectivity index (χ3v) is 13.0. The number of nitrogens with one attached hydrogen (secondary N) is 2. The Kier molecular flexibility index (Phi) is 38.2. The minimum Gasteiger partial charge on any atom is -0.390 e. The molecule has 1 aliphatic heterocycles. The summed E-state index contributed by atoms with van der Waals surface area (Å²) >= 11 is 0. The molecule has 10 nitrogen and oxygen atoms in total. The van der Waals surface area contributed by atoms with Crippen molar-refractivity contribution in [3.05, 3.63) is 24.3 Å². The van der Waals surface area contributed by atoms with E-state index in [2.05, 4.69) is 58.6 Å². The number of unbranched alkanes of at least 4 members (excludes halogenated alkanes) is 18. The van der Waals surface area contributed by atoms with Crippen LogP contribution < -0.4 is 22.1 Å². The van der Waals surface area contributed by atoms with Crippen LogP contribution in [0.3, 0.4) is 0 Å². The van der Waals surface area contributed by atoms with Gasteiger partial charge in [-0.15, -0.1) is 0 Å². The Bertz CT molecular complexity index is 1010. The van der Waals surface area contributed by atoms with Crippen molar-refractivity contribution in [1.82, 2.24) is 20.4 Å². The number of hydrogen-bond acceptors (Lipinski definition) is 8. The number of amides is 2. The van der Waals surface area contributed by atoms with E-state index in [1.807, 2.05) is 0 Å². The summed E-state index contributed by atoms with van der Waals surface area (Å²) in [7, 11) is 0. The molecular formula is C52H102N6O4. The lowest BCUT2D eigenvalue weighted by Gasteiger charge is -2.44. The number of aliphatic hydroxyl groups excluding tert-OH is 2. The van der Waals surface area contributed by atoms with Crippen LogP contribution in [0.25, 0.3) is 0 Å². The van der Waals surface area contributed by atoms with Gasteiger partial charge in [0.2, 0.25) is 11.8 Å². The van der Waals surface area contributed by atoms with Gasteiger partial charge in [-0.05, 0) is 129 Å². The van der Waals surface area contributed by atoms with Crippen LogP contribution in [0.4, 0.5) is 0 Å². The number of carbonyl (C=O) groups is 2. The number of hydrogen-bond donors (Lipinski definition) is 6. The predicted octanol–water partition coefficient (Wildman–Crippen LogP) is 10.3. The second kappa shape index (κ2) is 40.7. The number of nitrogens with two attached hydrogens (primary N) is 2. The van der Waals surface area contributed by atoms with Crippen molar-refractivity contribution in [2.45, 2.75) is 245 Å². The Labute approximate surface area is 382 Å². The van der Waals surface area contributed by atoms with E-state index in [4.69, 9.17) is 11.5 Å². The van der Waals surface area contributed by atoms with Gasteiger partial charge >= 0.3 is 0 Å². The quantitative estimate of drug-likeness (QED) is 0.0261. The van der Waals surface area contributed by atoms with E-state index in [1.165, 1.54) is 116 Å². The van der Waals surface area contributed by atoms with E-state index >= 15 is 0 Å². The summed E-state index contributed by atoms with van der Waals surface area (Å²) in [6.07, 6.45) is 41.3. The molecule has 0 aromatic carbocycles. The molecule has 0 aliphatic carbocycles. The number of carbonyl (C=O) groups excluding carboxylic acids is 2. The summed E-state index contributed by atoms with van der Waals surface area (Å²) in [6.45, 7) is 11.7. The summed E-state index contributed by atoms with van der Waals surface area (Å²) in [5, 5.41) is 28.0. The normalized spacial score (nSPS) is 17.0. The third kappa shape index (κ3) is 31.1. The van der Waals surface area contributed by atoms with E-state index in [0.717, 1.165) is 64.2 Å². The minimum atomic E-state index is -0.744. The van der Waals surface area contributed by atoms with Gasteiger partial charge in [0.05, 0.1) is 12.2 Å². The number of allylic oxidation sites excluding steroid dienone is 4. The third-order valence-electron chi connectivity index (χ3n) is 13.0. The van der Waals surface area contributed by atoms with Gasteiger partial charge in [-0.3, -0.25) is 19.4 Å². The van der Waals surface area contributed by atoms with E-state index < -0.39 is 24.5 Å². The van der Waals surface area contributed by atoms with Crippen molar-refractivity contribution in [2.24, 2.45) is 23.3 Å². The van der Waals surface area contributed by atoms with E-state index in [1.54, 1.807) is 13.8 Å². The standard InChI is InChI=1S/C52H102N6O4/c1-5-7-9-11-13-15-17-19-21-23-25-27-29-33-47(35-31-37-53)43-49(61)55-51(45(3)59)57-39-41-58(42-40-57)52(46(4)60)56-50(62)44-48(36-32-38-54)34-30-28-26-24-22-20-18-16-14-12-10-8-6-2/h19-22,45-48,51-52,59-60H,5-18,23-44,53-54H2,1-4H3,(H,55,61)(H,56,62). The summed E-state index contributed by atoms with van der Waals surface area (Å²) in [6, 6.07) is 0. The monoisotopic (exact) mass is 875 g/mol. The number of nitrogens with zero attached hydrogens (tertiary/aromatic N) is 2. The predicted molar refractivity (Wildman–Crippen MR) is 264 cm³/mol. The second-order valence-electron chi connectivity index (χ2n) is 18.9. The molecule has 0 bridgehead atoms. The first kappa shape index (κ1) is 58.2. The number of piperazine rings is 1. The van der Waals surface area contributed by atoms with Gasteiger partial charge in [-0.1, -0.05) is 128 Å². The highest BCUT2D eigenvalue weighted by Gasteiger charge is 2.33. The molecule has 10 heteroatoms. The molecule has 0 saturated carbocycles. The first-order valence-corrected chi connectivity index (χ1v) is 26.3. The molecule has 1 fully saturated rings. The highest BCUT2D eigenvalue weighted by Crippen LogP contribution is 2.23. The van der Waals surface area contributed by atoms with Gasteiger partial charge in [0.15, 0.2) is 0 Å². The smallest absolute Gasteiger partial charge is 0.221 e. The van der Waals surface area contributed by atoms with Crippen molar-refractivity contribution >= 4 is 11.8 Å². The zero-order valence-electron chi connectivity index (χ0n) is 41.0. The van der Waals surface area contributed by atoms with Gasteiger partial charge in [-0.25, -0.2) is 0 Å². The van der Waals surface area contributed by atoms with Gasteiger partial charge < -0.3 is 32.3 Å². The van der Waals surface area contributed by atoms with Crippen LogP contribution in [0.1, 0.15) is 220 Å². The average molecular weight is 875 g/mol. The van der Waals surface area contributed by atoms with Gasteiger partial charge in [0, 0.05) is 39.0 Å². The molecular weight excluding hydrogens is 773 g/mol. The molecule has 0 aromatic heterocycles. The maximum atomic E-state index is 13.4. The fourth-order valence-electron chi connectivity index (χ4n) is 9.11. The van der Waals surface area contributed by atoms with Crippen molar-refractivity contribution in [3.8, 4) is 0 Å². The number of rotatable bonds is 42. The fourth-order valence-corrected chi connectivity index (χ4v) is 9.11. The molecule has 6 atom stereocenters. The maximum absolute atomic E-state index is 13.4. The fraction of sp³-hybridized carbons (Fsp3) is 0.885. The van der Waals surface area contributed by atoms with Crippen molar-refractivity contribution < 1.29 is 19.8 Å². The summed E-state index contributed by atoms with van der Waals surface area (Å²) in [4.78, 5) is 31.1. The average Bonchev–Trinajstić information content (AvgIpc) is 3.25. The molecule has 0 radical (unpaired) electrons. The first-order chi connectivity index (χ1) is 30.2. The SMILES string of the molecule is CCCCCCCCC=CCCCCCC(CCCN)CC(=O)NC(C(C)O)N1CCN(C(NC(=O)CC(CCCN)CCCCCC=CCCCCCCCC)C(C)O)CC1. The molecule has 2 amide bonds. The molecule has 364 valence electrons. The van der Waals surface area contributed by atoms with Crippen LogP contribution in [0.2, 0.25) is 0 Å². The van der Waals surface area contributed by atoms with Crippen molar-refractivity contribution in [3.63, 3.8) is 0 Å². The van der Waals surface area contributed by atoms with Crippen LogP contribution in [0, 0.1) is 11.8 Å². The van der Waals surface area contributed by atoms with E-state index in [-0.39, 0.29) is 23.7 Å². The summed E-state index contributed by atoms with van der Waals surface area (Å²) in [5.74, 6) is 0.523. The van der Waals surface area contributed by atoms with Crippen LogP contribution in [0.5, 0.6) is 0 Å². The molecule has 0 spiro atoms. The minimum absolute atomic E-state index is 0.0214. The Morgan fingerprint density at radius 3 is 1.08 bits per heavy atom. The van der Waals surface area contributed by atoms with Gasteiger partial charge in [0.25, 0.3) is 0 Å². The molecule has 1 aliphatic rings. The molecule has 62 heavy (non-hydrogen) atoms. The lowest BCUT2D eigenvalue weighted by atomic mass is 9.92. The van der Waals surface area contributed by atoms with E-state index in [0.29, 0.717) is 52.1 Å². The molecule has 1 heterocycles. The summed E-state index contributed by atoms with van der Waals surface area (Å²) < 4.78 is 0.